The second-order valence-corrected chi connectivity index (χ2v) is 7.65. The van der Waals surface area contributed by atoms with Gasteiger partial charge in [-0.2, -0.15) is 0 Å². The van der Waals surface area contributed by atoms with Crippen LogP contribution in [0.3, 0.4) is 0 Å². The van der Waals surface area contributed by atoms with Gasteiger partial charge in [0.25, 0.3) is 0 Å². The van der Waals surface area contributed by atoms with Crippen LogP contribution in [-0.4, -0.2) is 17.8 Å². The Morgan fingerprint density at radius 2 is 2.10 bits per heavy atom. The minimum atomic E-state index is -0.571. The van der Waals surface area contributed by atoms with Gasteiger partial charge in [-0.1, -0.05) is 42.6 Å². The lowest BCUT2D eigenvalue weighted by Gasteiger charge is -2.28. The monoisotopic (exact) mass is 354 g/mol. The lowest BCUT2D eigenvalue weighted by molar-refractivity contribution is 0.0235. The van der Waals surface area contributed by atoms with Crippen LogP contribution in [0.5, 0.6) is 5.75 Å². The molecule has 2 unspecified atom stereocenters. The third-order valence-corrected chi connectivity index (χ3v) is 5.69. The highest BCUT2D eigenvalue weighted by Gasteiger charge is 2.32. The Labute approximate surface area is 137 Å². The van der Waals surface area contributed by atoms with E-state index in [4.69, 9.17) is 4.74 Å². The summed E-state index contributed by atoms with van der Waals surface area (Å²) in [6, 6.07) is 5.98. The first-order valence-corrected chi connectivity index (χ1v) is 8.77. The molecule has 1 aliphatic carbocycles. The fraction of sp³-hybridized carbons (Fsp3) is 0.667. The molecule has 0 aliphatic heterocycles. The molecule has 0 bridgehead atoms. The van der Waals surface area contributed by atoms with Crippen molar-refractivity contribution in [2.75, 3.05) is 7.11 Å². The van der Waals surface area contributed by atoms with Gasteiger partial charge in [-0.05, 0) is 54.9 Å². The Kier molecular flexibility index (Phi) is 5.73. The van der Waals surface area contributed by atoms with E-state index >= 15 is 0 Å². The molecule has 21 heavy (non-hydrogen) atoms. The average molecular weight is 355 g/mol. The van der Waals surface area contributed by atoms with Gasteiger partial charge >= 0.3 is 0 Å². The van der Waals surface area contributed by atoms with E-state index in [1.807, 2.05) is 18.2 Å². The summed E-state index contributed by atoms with van der Waals surface area (Å²) in [5.74, 6) is 2.33. The van der Waals surface area contributed by atoms with E-state index in [-0.39, 0.29) is 0 Å². The zero-order valence-electron chi connectivity index (χ0n) is 13.4. The lowest BCUT2D eigenvalue weighted by atomic mass is 9.85. The van der Waals surface area contributed by atoms with E-state index in [9.17, 15) is 5.11 Å². The Morgan fingerprint density at radius 1 is 1.33 bits per heavy atom. The molecule has 0 saturated heterocycles. The van der Waals surface area contributed by atoms with Crippen molar-refractivity contribution in [2.45, 2.75) is 58.0 Å². The van der Waals surface area contributed by atoms with Crippen LogP contribution < -0.4 is 4.74 Å². The van der Waals surface area contributed by atoms with Crippen LogP contribution in [0, 0.1) is 11.8 Å². The molecule has 1 saturated carbocycles. The quantitative estimate of drug-likeness (QED) is 0.773. The van der Waals surface area contributed by atoms with Crippen LogP contribution >= 0.6 is 15.9 Å². The smallest absolute Gasteiger partial charge is 0.119 e. The first-order valence-electron chi connectivity index (χ1n) is 7.98. The van der Waals surface area contributed by atoms with E-state index in [0.717, 1.165) is 53.3 Å². The summed E-state index contributed by atoms with van der Waals surface area (Å²) in [5, 5.41) is 11.0. The van der Waals surface area contributed by atoms with Gasteiger partial charge < -0.3 is 9.84 Å². The second kappa shape index (κ2) is 7.15. The zero-order chi connectivity index (χ0) is 15.5. The summed E-state index contributed by atoms with van der Waals surface area (Å²) in [5.41, 5.74) is 0.568. The molecular formula is C18H27BrO2. The van der Waals surface area contributed by atoms with Gasteiger partial charge in [-0.3, -0.25) is 0 Å². The molecule has 2 atom stereocenters. The molecule has 1 aromatic carbocycles. The SMILES string of the molecule is COc1ccc(Br)c(CC2(O)CCCC(C(C)C)CC2)c1. The van der Waals surface area contributed by atoms with Gasteiger partial charge in [0.05, 0.1) is 12.7 Å². The van der Waals surface area contributed by atoms with Crippen LogP contribution in [0.1, 0.15) is 51.5 Å². The van der Waals surface area contributed by atoms with E-state index in [1.165, 1.54) is 6.42 Å². The highest BCUT2D eigenvalue weighted by atomic mass is 79.9. The van der Waals surface area contributed by atoms with Crippen molar-refractivity contribution in [1.82, 2.24) is 0 Å². The van der Waals surface area contributed by atoms with Crippen molar-refractivity contribution >= 4 is 15.9 Å². The van der Waals surface area contributed by atoms with Gasteiger partial charge in [0, 0.05) is 10.9 Å². The van der Waals surface area contributed by atoms with Crippen LogP contribution in [-0.2, 0) is 6.42 Å². The van der Waals surface area contributed by atoms with Crippen molar-refractivity contribution < 1.29 is 9.84 Å². The third-order valence-electron chi connectivity index (χ3n) is 4.91. The van der Waals surface area contributed by atoms with Crippen molar-refractivity contribution in [3.8, 4) is 5.75 Å². The van der Waals surface area contributed by atoms with Crippen molar-refractivity contribution in [1.29, 1.82) is 0 Å². The summed E-state index contributed by atoms with van der Waals surface area (Å²) in [6.45, 7) is 4.60. The van der Waals surface area contributed by atoms with Gasteiger partial charge in [-0.25, -0.2) is 0 Å². The first-order chi connectivity index (χ1) is 9.93. The second-order valence-electron chi connectivity index (χ2n) is 6.79. The summed E-state index contributed by atoms with van der Waals surface area (Å²) < 4.78 is 6.36. The van der Waals surface area contributed by atoms with E-state index < -0.39 is 5.60 Å². The fourth-order valence-electron chi connectivity index (χ4n) is 3.43. The molecule has 0 radical (unpaired) electrons. The minimum absolute atomic E-state index is 0.571. The number of hydrogen-bond donors (Lipinski definition) is 1. The average Bonchev–Trinajstić information content (AvgIpc) is 2.63. The number of hydrogen-bond acceptors (Lipinski definition) is 2. The molecule has 0 heterocycles. The van der Waals surface area contributed by atoms with Crippen molar-refractivity contribution in [3.63, 3.8) is 0 Å². The zero-order valence-corrected chi connectivity index (χ0v) is 14.9. The molecule has 2 rings (SSSR count). The number of benzene rings is 1. The molecule has 0 amide bonds. The third kappa shape index (κ3) is 4.46. The molecule has 1 fully saturated rings. The summed E-state index contributed by atoms with van der Waals surface area (Å²) in [4.78, 5) is 0. The van der Waals surface area contributed by atoms with Crippen molar-refractivity contribution in [2.24, 2.45) is 11.8 Å². The number of methoxy groups -OCH3 is 1. The maximum Gasteiger partial charge on any atom is 0.119 e. The minimum Gasteiger partial charge on any atom is -0.497 e. The van der Waals surface area contributed by atoms with E-state index in [0.29, 0.717) is 6.42 Å². The highest BCUT2D eigenvalue weighted by Crippen LogP contribution is 2.37. The van der Waals surface area contributed by atoms with Gasteiger partial charge in [0.2, 0.25) is 0 Å². The van der Waals surface area contributed by atoms with Crippen LogP contribution in [0.2, 0.25) is 0 Å². The molecular weight excluding hydrogens is 328 g/mol. The summed E-state index contributed by atoms with van der Waals surface area (Å²) in [6.07, 6.45) is 6.02. The maximum absolute atomic E-state index is 11.0. The summed E-state index contributed by atoms with van der Waals surface area (Å²) in [7, 11) is 1.68. The largest absolute Gasteiger partial charge is 0.497 e. The molecule has 1 aromatic rings. The molecule has 118 valence electrons. The van der Waals surface area contributed by atoms with Crippen LogP contribution in [0.4, 0.5) is 0 Å². The van der Waals surface area contributed by atoms with Crippen molar-refractivity contribution in [3.05, 3.63) is 28.2 Å². The standard InChI is InChI=1S/C18H27BrO2/c1-13(2)14-5-4-9-18(20,10-8-14)12-15-11-16(21-3)6-7-17(15)19/h6-7,11,13-14,20H,4-5,8-10,12H2,1-3H3. The molecule has 0 spiro atoms. The molecule has 1 N–H and O–H groups in total. The molecule has 3 heteroatoms. The Hall–Kier alpha value is -0.540. The Balaban J connectivity index is 2.10. The number of aliphatic hydroxyl groups is 1. The van der Waals surface area contributed by atoms with Gasteiger partial charge in [0.1, 0.15) is 5.75 Å². The fourth-order valence-corrected chi connectivity index (χ4v) is 3.82. The number of rotatable bonds is 4. The highest BCUT2D eigenvalue weighted by molar-refractivity contribution is 9.10. The van der Waals surface area contributed by atoms with E-state index in [1.54, 1.807) is 7.11 Å². The topological polar surface area (TPSA) is 29.5 Å². The predicted octanol–water partition coefficient (Wildman–Crippen LogP) is 4.97. The molecule has 1 aliphatic rings. The van der Waals surface area contributed by atoms with Gasteiger partial charge in [-0.15, -0.1) is 0 Å². The predicted molar refractivity (Wildman–Crippen MR) is 90.8 cm³/mol. The molecule has 2 nitrogen and oxygen atoms in total. The van der Waals surface area contributed by atoms with Gasteiger partial charge in [0.15, 0.2) is 0 Å². The van der Waals surface area contributed by atoms with E-state index in [2.05, 4.69) is 29.8 Å². The first kappa shape index (κ1) is 16.8. The number of halogens is 1. The Bertz CT molecular complexity index is 472. The Morgan fingerprint density at radius 3 is 2.76 bits per heavy atom. The maximum atomic E-state index is 11.0. The van der Waals surface area contributed by atoms with Crippen LogP contribution in [0.15, 0.2) is 22.7 Å². The van der Waals surface area contributed by atoms with Crippen LogP contribution in [0.25, 0.3) is 0 Å². The summed E-state index contributed by atoms with van der Waals surface area (Å²) >= 11 is 3.60. The number of ether oxygens (including phenoxy) is 1. The molecule has 0 aromatic heterocycles. The lowest BCUT2D eigenvalue weighted by Crippen LogP contribution is -2.31. The normalized spacial score (nSPS) is 26.7.